The van der Waals surface area contributed by atoms with Crippen LogP contribution >= 0.6 is 22.6 Å². The van der Waals surface area contributed by atoms with Crippen molar-refractivity contribution in [1.29, 1.82) is 0 Å². The van der Waals surface area contributed by atoms with E-state index >= 15 is 0 Å². The predicted molar refractivity (Wildman–Crippen MR) is 50.5 cm³/mol. The number of methoxy groups -OCH3 is 1. The van der Waals surface area contributed by atoms with Crippen LogP contribution in [0, 0.1) is 3.83 Å². The Morgan fingerprint density at radius 3 is 3.08 bits per heavy atom. The molecule has 0 aliphatic heterocycles. The van der Waals surface area contributed by atoms with Gasteiger partial charge >= 0.3 is 5.97 Å². The first-order valence-electron chi connectivity index (χ1n) is 3.26. The second-order valence-corrected chi connectivity index (χ2v) is 3.03. The van der Waals surface area contributed by atoms with E-state index in [0.29, 0.717) is 9.53 Å². The average Bonchev–Trinajstić information content (AvgIpc) is 2.04. The Balaban J connectivity index is 2.69. The molecule has 5 heteroatoms. The molecule has 0 bridgehead atoms. The standard InChI is InChI=1S/C7H7IN2O2/c1-12-6(11)4-5-2-3-9-7(8)10-5/h2-3H,4H2,1H3. The zero-order chi connectivity index (χ0) is 8.97. The van der Waals surface area contributed by atoms with Crippen molar-refractivity contribution < 1.29 is 9.53 Å². The van der Waals surface area contributed by atoms with Gasteiger partial charge in [-0.2, -0.15) is 0 Å². The molecule has 0 aliphatic carbocycles. The minimum atomic E-state index is -0.287. The topological polar surface area (TPSA) is 52.1 Å². The Morgan fingerprint density at radius 2 is 2.50 bits per heavy atom. The minimum absolute atomic E-state index is 0.203. The summed E-state index contributed by atoms with van der Waals surface area (Å²) >= 11 is 1.99. The largest absolute Gasteiger partial charge is 0.469 e. The SMILES string of the molecule is COC(=O)Cc1ccnc(I)n1. The zero-order valence-corrected chi connectivity index (χ0v) is 8.61. The van der Waals surface area contributed by atoms with Crippen LogP contribution in [-0.2, 0) is 16.0 Å². The number of rotatable bonds is 2. The Kier molecular flexibility index (Phi) is 3.39. The first-order valence-corrected chi connectivity index (χ1v) is 4.34. The van der Waals surface area contributed by atoms with Crippen molar-refractivity contribution in [3.8, 4) is 0 Å². The highest BCUT2D eigenvalue weighted by Gasteiger charge is 2.03. The first-order chi connectivity index (χ1) is 5.72. The van der Waals surface area contributed by atoms with E-state index in [1.165, 1.54) is 7.11 Å². The van der Waals surface area contributed by atoms with Crippen molar-refractivity contribution in [2.45, 2.75) is 6.42 Å². The fourth-order valence-corrected chi connectivity index (χ4v) is 1.16. The molecule has 0 radical (unpaired) electrons. The summed E-state index contributed by atoms with van der Waals surface area (Å²) in [6, 6.07) is 1.69. The van der Waals surface area contributed by atoms with E-state index < -0.39 is 0 Å². The Bertz CT molecular complexity index is 290. The third kappa shape index (κ3) is 2.72. The highest BCUT2D eigenvalue weighted by atomic mass is 127. The molecule has 0 atom stereocenters. The third-order valence-electron chi connectivity index (χ3n) is 1.24. The summed E-state index contributed by atoms with van der Waals surface area (Å²) in [6.07, 6.45) is 1.82. The van der Waals surface area contributed by atoms with Gasteiger partial charge in [0, 0.05) is 28.8 Å². The van der Waals surface area contributed by atoms with Crippen LogP contribution in [0.4, 0.5) is 0 Å². The van der Waals surface area contributed by atoms with Crippen LogP contribution in [0.5, 0.6) is 0 Å². The molecule has 0 spiro atoms. The van der Waals surface area contributed by atoms with Gasteiger partial charge in [0.15, 0.2) is 3.83 Å². The van der Waals surface area contributed by atoms with Gasteiger partial charge in [-0.1, -0.05) is 0 Å². The van der Waals surface area contributed by atoms with Crippen LogP contribution in [-0.4, -0.2) is 23.0 Å². The molecule has 0 aliphatic rings. The number of nitrogens with zero attached hydrogens (tertiary/aromatic N) is 2. The normalized spacial score (nSPS) is 9.50. The monoisotopic (exact) mass is 278 g/mol. The number of halogens is 1. The number of hydrogen-bond acceptors (Lipinski definition) is 4. The molecular weight excluding hydrogens is 271 g/mol. The van der Waals surface area contributed by atoms with Crippen LogP contribution in [0.3, 0.4) is 0 Å². The van der Waals surface area contributed by atoms with E-state index in [0.717, 1.165) is 0 Å². The van der Waals surface area contributed by atoms with Crippen molar-refractivity contribution in [2.75, 3.05) is 7.11 Å². The van der Waals surface area contributed by atoms with Crippen LogP contribution in [0.25, 0.3) is 0 Å². The highest BCUT2D eigenvalue weighted by molar-refractivity contribution is 14.1. The van der Waals surface area contributed by atoms with Gasteiger partial charge in [-0.3, -0.25) is 4.79 Å². The summed E-state index contributed by atoms with van der Waals surface area (Å²) in [5, 5.41) is 0. The van der Waals surface area contributed by atoms with Crippen LogP contribution in [0.15, 0.2) is 12.3 Å². The highest BCUT2D eigenvalue weighted by Crippen LogP contribution is 1.99. The molecule has 1 aromatic heterocycles. The fourth-order valence-electron chi connectivity index (χ4n) is 0.688. The Hall–Kier alpha value is -0.720. The molecule has 64 valence electrons. The summed E-state index contributed by atoms with van der Waals surface area (Å²) in [4.78, 5) is 18.7. The second-order valence-electron chi connectivity index (χ2n) is 2.07. The maximum absolute atomic E-state index is 10.8. The lowest BCUT2D eigenvalue weighted by molar-refractivity contribution is -0.139. The maximum atomic E-state index is 10.8. The molecule has 1 rings (SSSR count). The van der Waals surface area contributed by atoms with E-state index in [9.17, 15) is 4.79 Å². The number of carbonyl (C=O) groups is 1. The summed E-state index contributed by atoms with van der Waals surface area (Å²) in [7, 11) is 1.36. The number of hydrogen-bond donors (Lipinski definition) is 0. The zero-order valence-electron chi connectivity index (χ0n) is 6.45. The van der Waals surface area contributed by atoms with Gasteiger partial charge in [-0.15, -0.1) is 0 Å². The van der Waals surface area contributed by atoms with Crippen LogP contribution in [0.2, 0.25) is 0 Å². The van der Waals surface area contributed by atoms with Gasteiger partial charge < -0.3 is 4.74 Å². The van der Waals surface area contributed by atoms with Crippen molar-refractivity contribution >= 4 is 28.6 Å². The van der Waals surface area contributed by atoms with E-state index in [2.05, 4.69) is 14.7 Å². The molecule has 0 saturated heterocycles. The maximum Gasteiger partial charge on any atom is 0.311 e. The van der Waals surface area contributed by atoms with Gasteiger partial charge in [-0.25, -0.2) is 9.97 Å². The number of ether oxygens (including phenoxy) is 1. The third-order valence-corrected chi connectivity index (χ3v) is 1.76. The van der Waals surface area contributed by atoms with Gasteiger partial charge in [0.2, 0.25) is 0 Å². The molecule has 1 aromatic rings. The van der Waals surface area contributed by atoms with Crippen molar-refractivity contribution in [3.05, 3.63) is 21.8 Å². The van der Waals surface area contributed by atoms with Crippen molar-refractivity contribution in [3.63, 3.8) is 0 Å². The molecule has 0 N–H and O–H groups in total. The van der Waals surface area contributed by atoms with Crippen LogP contribution in [0.1, 0.15) is 5.69 Å². The van der Waals surface area contributed by atoms with E-state index in [-0.39, 0.29) is 12.4 Å². The first kappa shape index (κ1) is 9.37. The van der Waals surface area contributed by atoms with Gasteiger partial charge in [0.05, 0.1) is 19.2 Å². The van der Waals surface area contributed by atoms with Crippen molar-refractivity contribution in [2.24, 2.45) is 0 Å². The molecule has 0 aromatic carbocycles. The Labute approximate surface area is 83.5 Å². The lowest BCUT2D eigenvalue weighted by atomic mass is 10.3. The lowest BCUT2D eigenvalue weighted by Crippen LogP contribution is -2.06. The van der Waals surface area contributed by atoms with E-state index in [4.69, 9.17) is 0 Å². The van der Waals surface area contributed by atoms with E-state index in [1.54, 1.807) is 12.3 Å². The molecule has 0 fully saturated rings. The minimum Gasteiger partial charge on any atom is -0.469 e. The molecule has 1 heterocycles. The van der Waals surface area contributed by atoms with Crippen molar-refractivity contribution in [1.82, 2.24) is 9.97 Å². The molecule has 0 unspecified atom stereocenters. The summed E-state index contributed by atoms with van der Waals surface area (Å²) in [5.41, 5.74) is 0.682. The summed E-state index contributed by atoms with van der Waals surface area (Å²) < 4.78 is 5.13. The second kappa shape index (κ2) is 4.34. The van der Waals surface area contributed by atoms with Gasteiger partial charge in [-0.05, 0) is 6.07 Å². The number of carbonyl (C=O) groups excluding carboxylic acids is 1. The molecule has 4 nitrogen and oxygen atoms in total. The molecule has 12 heavy (non-hydrogen) atoms. The van der Waals surface area contributed by atoms with Crippen LogP contribution < -0.4 is 0 Å². The Morgan fingerprint density at radius 1 is 1.75 bits per heavy atom. The average molecular weight is 278 g/mol. The summed E-state index contributed by atoms with van der Waals surface area (Å²) in [5.74, 6) is -0.287. The quantitative estimate of drug-likeness (QED) is 0.456. The number of aromatic nitrogens is 2. The predicted octanol–water partition coefficient (Wildman–Crippen LogP) is 0.797. The van der Waals surface area contributed by atoms with E-state index in [1.807, 2.05) is 22.6 Å². The smallest absolute Gasteiger partial charge is 0.311 e. The number of esters is 1. The van der Waals surface area contributed by atoms with Gasteiger partial charge in [0.1, 0.15) is 0 Å². The van der Waals surface area contributed by atoms with Gasteiger partial charge in [0.25, 0.3) is 0 Å². The lowest BCUT2D eigenvalue weighted by Gasteiger charge is -1.98. The molecular formula is C7H7IN2O2. The molecule has 0 amide bonds. The fraction of sp³-hybridized carbons (Fsp3) is 0.286. The molecule has 0 saturated carbocycles. The summed E-state index contributed by atoms with van der Waals surface area (Å²) in [6.45, 7) is 0.